The van der Waals surface area contributed by atoms with Crippen LogP contribution in [0.15, 0.2) is 0 Å². The lowest BCUT2D eigenvalue weighted by Crippen LogP contribution is -2.71. The monoisotopic (exact) mass is 294 g/mol. The number of hydrogen-bond donors (Lipinski definition) is 1. The quantitative estimate of drug-likeness (QED) is 0.818. The van der Waals surface area contributed by atoms with Gasteiger partial charge in [-0.3, -0.25) is 9.59 Å². The van der Waals surface area contributed by atoms with Crippen LogP contribution in [0.1, 0.15) is 60.3 Å². The molecule has 2 amide bonds. The van der Waals surface area contributed by atoms with Crippen LogP contribution in [0, 0.1) is 17.8 Å². The van der Waals surface area contributed by atoms with Gasteiger partial charge in [-0.05, 0) is 37.5 Å². The van der Waals surface area contributed by atoms with Gasteiger partial charge in [0.25, 0.3) is 0 Å². The summed E-state index contributed by atoms with van der Waals surface area (Å²) in [5.74, 6) is 1.12. The summed E-state index contributed by atoms with van der Waals surface area (Å²) in [6, 6.07) is -0.302. The topological polar surface area (TPSA) is 49.4 Å². The minimum Gasteiger partial charge on any atom is -0.340 e. The summed E-state index contributed by atoms with van der Waals surface area (Å²) in [5.41, 5.74) is -0.672. The number of carbonyl (C=O) groups is 2. The van der Waals surface area contributed by atoms with Crippen LogP contribution in [0.3, 0.4) is 0 Å². The molecule has 1 aliphatic heterocycles. The molecule has 1 heterocycles. The van der Waals surface area contributed by atoms with Crippen molar-refractivity contribution in [2.24, 2.45) is 17.8 Å². The molecule has 1 saturated carbocycles. The molecule has 2 rings (SSSR count). The summed E-state index contributed by atoms with van der Waals surface area (Å²) < 4.78 is 0. The molecule has 1 aliphatic carbocycles. The average Bonchev–Trinajstić information content (AvgIpc) is 3.28. The van der Waals surface area contributed by atoms with Crippen molar-refractivity contribution in [2.75, 3.05) is 6.54 Å². The fraction of sp³-hybridized carbons (Fsp3) is 0.882. The zero-order valence-corrected chi connectivity index (χ0v) is 14.1. The Kier molecular flexibility index (Phi) is 4.64. The van der Waals surface area contributed by atoms with E-state index in [0.717, 1.165) is 25.7 Å². The van der Waals surface area contributed by atoms with Crippen LogP contribution in [0.4, 0.5) is 0 Å². The standard InChI is InChI=1S/C17H30N2O2/c1-6-11(3)10-19-14(12(4)7-2)15(20)18-17(5,16(19)21)13-8-9-13/h11-14H,6-10H2,1-5H3,(H,18,20). The molecule has 4 atom stereocenters. The average molecular weight is 294 g/mol. The second kappa shape index (κ2) is 5.98. The third-order valence-electron chi connectivity index (χ3n) is 5.47. The van der Waals surface area contributed by atoms with Gasteiger partial charge in [-0.15, -0.1) is 0 Å². The first-order valence-electron chi connectivity index (χ1n) is 8.48. The zero-order chi connectivity index (χ0) is 15.8. The minimum atomic E-state index is -0.672. The predicted octanol–water partition coefficient (Wildman–Crippen LogP) is 2.57. The Morgan fingerprint density at radius 1 is 1.24 bits per heavy atom. The number of nitrogens with one attached hydrogen (secondary N) is 1. The molecule has 4 heteroatoms. The number of hydrogen-bond acceptors (Lipinski definition) is 2. The van der Waals surface area contributed by atoms with Gasteiger partial charge in [0.1, 0.15) is 11.6 Å². The van der Waals surface area contributed by atoms with Gasteiger partial charge in [0.05, 0.1) is 0 Å². The molecule has 2 aliphatic rings. The number of rotatable bonds is 6. The van der Waals surface area contributed by atoms with E-state index in [0.29, 0.717) is 18.4 Å². The molecule has 0 aromatic rings. The Morgan fingerprint density at radius 2 is 1.86 bits per heavy atom. The SMILES string of the molecule is CCC(C)CN1C(=O)C(C)(C2CC2)NC(=O)C1C(C)CC. The molecule has 1 saturated heterocycles. The Morgan fingerprint density at radius 3 is 2.33 bits per heavy atom. The van der Waals surface area contributed by atoms with E-state index in [1.54, 1.807) is 0 Å². The Labute approximate surface area is 128 Å². The molecule has 0 radical (unpaired) electrons. The van der Waals surface area contributed by atoms with E-state index in [1.165, 1.54) is 0 Å². The van der Waals surface area contributed by atoms with Crippen molar-refractivity contribution < 1.29 is 9.59 Å². The predicted molar refractivity (Wildman–Crippen MR) is 83.7 cm³/mol. The van der Waals surface area contributed by atoms with Gasteiger partial charge in [0.2, 0.25) is 11.8 Å². The highest BCUT2D eigenvalue weighted by Gasteiger charge is 2.55. The Balaban J connectivity index is 2.29. The molecular formula is C17H30N2O2. The normalized spacial score (nSPS) is 32.8. The van der Waals surface area contributed by atoms with Crippen LogP contribution in [0.2, 0.25) is 0 Å². The van der Waals surface area contributed by atoms with Gasteiger partial charge in [-0.25, -0.2) is 0 Å². The second-order valence-electron chi connectivity index (χ2n) is 7.27. The van der Waals surface area contributed by atoms with Crippen molar-refractivity contribution in [3.8, 4) is 0 Å². The Hall–Kier alpha value is -1.06. The van der Waals surface area contributed by atoms with Crippen molar-refractivity contribution in [1.29, 1.82) is 0 Å². The first-order valence-corrected chi connectivity index (χ1v) is 8.48. The van der Waals surface area contributed by atoms with Crippen LogP contribution in [-0.2, 0) is 9.59 Å². The van der Waals surface area contributed by atoms with Crippen molar-refractivity contribution >= 4 is 11.8 Å². The number of amides is 2. The first-order chi connectivity index (χ1) is 9.85. The summed E-state index contributed by atoms with van der Waals surface area (Å²) in [4.78, 5) is 27.6. The molecular weight excluding hydrogens is 264 g/mol. The number of nitrogens with zero attached hydrogens (tertiary/aromatic N) is 1. The van der Waals surface area contributed by atoms with Crippen molar-refractivity contribution in [3.63, 3.8) is 0 Å². The van der Waals surface area contributed by atoms with Crippen LogP contribution in [0.25, 0.3) is 0 Å². The highest BCUT2D eigenvalue weighted by Crippen LogP contribution is 2.43. The molecule has 21 heavy (non-hydrogen) atoms. The lowest BCUT2D eigenvalue weighted by Gasteiger charge is -2.47. The summed E-state index contributed by atoms with van der Waals surface area (Å²) in [6.45, 7) is 11.1. The van der Waals surface area contributed by atoms with Crippen molar-refractivity contribution in [2.45, 2.75) is 71.9 Å². The van der Waals surface area contributed by atoms with E-state index in [9.17, 15) is 9.59 Å². The van der Waals surface area contributed by atoms with E-state index in [4.69, 9.17) is 0 Å². The Bertz CT molecular complexity index is 419. The maximum Gasteiger partial charge on any atom is 0.249 e. The van der Waals surface area contributed by atoms with E-state index in [2.05, 4.69) is 33.0 Å². The molecule has 2 fully saturated rings. The highest BCUT2D eigenvalue weighted by molar-refractivity contribution is 6.00. The molecule has 4 nitrogen and oxygen atoms in total. The van der Waals surface area contributed by atoms with E-state index in [-0.39, 0.29) is 23.8 Å². The molecule has 0 aromatic carbocycles. The van der Waals surface area contributed by atoms with Gasteiger partial charge in [0, 0.05) is 6.54 Å². The fourth-order valence-corrected chi connectivity index (χ4v) is 3.34. The summed E-state index contributed by atoms with van der Waals surface area (Å²) in [5, 5.41) is 3.06. The first kappa shape index (κ1) is 16.3. The van der Waals surface area contributed by atoms with E-state index < -0.39 is 5.54 Å². The van der Waals surface area contributed by atoms with Crippen LogP contribution in [-0.4, -0.2) is 34.8 Å². The summed E-state index contributed by atoms with van der Waals surface area (Å²) >= 11 is 0. The summed E-state index contributed by atoms with van der Waals surface area (Å²) in [6.07, 6.45) is 4.03. The van der Waals surface area contributed by atoms with Gasteiger partial charge in [0.15, 0.2) is 0 Å². The molecule has 0 aromatic heterocycles. The number of carbonyl (C=O) groups excluding carboxylic acids is 2. The van der Waals surface area contributed by atoms with Crippen LogP contribution in [0.5, 0.6) is 0 Å². The zero-order valence-electron chi connectivity index (χ0n) is 14.1. The van der Waals surface area contributed by atoms with Gasteiger partial charge < -0.3 is 10.2 Å². The van der Waals surface area contributed by atoms with E-state index >= 15 is 0 Å². The third-order valence-corrected chi connectivity index (χ3v) is 5.47. The molecule has 1 N–H and O–H groups in total. The number of piperazine rings is 1. The lowest BCUT2D eigenvalue weighted by atomic mass is 9.84. The molecule has 0 spiro atoms. The maximum atomic E-state index is 13.1. The van der Waals surface area contributed by atoms with Crippen LogP contribution >= 0.6 is 0 Å². The maximum absolute atomic E-state index is 13.1. The largest absolute Gasteiger partial charge is 0.340 e. The van der Waals surface area contributed by atoms with Crippen molar-refractivity contribution in [3.05, 3.63) is 0 Å². The smallest absolute Gasteiger partial charge is 0.249 e. The molecule has 0 bridgehead atoms. The third kappa shape index (κ3) is 2.95. The van der Waals surface area contributed by atoms with Gasteiger partial charge in [-0.2, -0.15) is 0 Å². The van der Waals surface area contributed by atoms with Crippen LogP contribution < -0.4 is 5.32 Å². The lowest BCUT2D eigenvalue weighted by molar-refractivity contribution is -0.158. The second-order valence-corrected chi connectivity index (χ2v) is 7.27. The molecule has 120 valence electrons. The van der Waals surface area contributed by atoms with E-state index in [1.807, 2.05) is 11.8 Å². The summed E-state index contributed by atoms with van der Waals surface area (Å²) in [7, 11) is 0. The highest BCUT2D eigenvalue weighted by atomic mass is 16.2. The van der Waals surface area contributed by atoms with Gasteiger partial charge >= 0.3 is 0 Å². The fourth-order valence-electron chi connectivity index (χ4n) is 3.34. The minimum absolute atomic E-state index is 0.0432. The van der Waals surface area contributed by atoms with Crippen molar-refractivity contribution in [1.82, 2.24) is 10.2 Å². The molecule has 4 unspecified atom stereocenters. The van der Waals surface area contributed by atoms with Gasteiger partial charge in [-0.1, -0.05) is 40.5 Å².